The summed E-state index contributed by atoms with van der Waals surface area (Å²) < 4.78 is 0. The number of carboxylic acid groups (broad SMARTS) is 1. The Kier molecular flexibility index (Phi) is 3.36. The number of imidazole rings is 1. The maximum absolute atomic E-state index is 10.5. The average Bonchev–Trinajstić information content (AvgIpc) is 2.75. The van der Waals surface area contributed by atoms with Gasteiger partial charge in [0.2, 0.25) is 0 Å². The van der Waals surface area contributed by atoms with Crippen molar-refractivity contribution in [2.45, 2.75) is 12.6 Å². The number of carbonyl (C=O) groups is 1. The second kappa shape index (κ2) is 4.94. The van der Waals surface area contributed by atoms with Gasteiger partial charge >= 0.3 is 5.97 Å². The summed E-state index contributed by atoms with van der Waals surface area (Å²) in [5.41, 5.74) is 8.31. The molecule has 5 N–H and O–H groups in total. The highest BCUT2D eigenvalue weighted by atomic mass is 16.4. The number of hydrogen-bond donors (Lipinski definition) is 4. The van der Waals surface area contributed by atoms with Crippen LogP contribution < -0.4 is 11.1 Å². The predicted octanol–water partition coefficient (Wildman–Crippen LogP) is 0.0644. The van der Waals surface area contributed by atoms with Crippen LogP contribution in [0.4, 0.5) is 0 Å². The third kappa shape index (κ3) is 2.80. The van der Waals surface area contributed by atoms with Gasteiger partial charge in [-0.2, -0.15) is 0 Å². The van der Waals surface area contributed by atoms with Gasteiger partial charge in [0.1, 0.15) is 6.04 Å². The fraction of sp³-hybridized carbons (Fsp3) is 0.273. The summed E-state index contributed by atoms with van der Waals surface area (Å²) in [4.78, 5) is 17.6. The summed E-state index contributed by atoms with van der Waals surface area (Å²) in [7, 11) is 0. The van der Waals surface area contributed by atoms with Crippen LogP contribution in [-0.2, 0) is 11.3 Å². The van der Waals surface area contributed by atoms with Crippen LogP contribution in [0.1, 0.15) is 5.56 Å². The normalized spacial score (nSPS) is 12.8. The number of nitrogens with zero attached hydrogens (tertiary/aromatic N) is 1. The molecule has 0 saturated carbocycles. The fourth-order valence-corrected chi connectivity index (χ4v) is 1.55. The van der Waals surface area contributed by atoms with Crippen LogP contribution in [0.3, 0.4) is 0 Å². The number of aromatic nitrogens is 2. The summed E-state index contributed by atoms with van der Waals surface area (Å²) >= 11 is 0. The van der Waals surface area contributed by atoms with Crippen molar-refractivity contribution in [1.29, 1.82) is 0 Å². The Balaban J connectivity index is 1.92. The van der Waals surface area contributed by atoms with Crippen LogP contribution in [0, 0.1) is 0 Å². The standard InChI is InChI=1S/C11H14N4O2/c12-8(11(16)17)5-13-4-7-1-2-9-10(3-7)15-6-14-9/h1-3,6,8,13H,4-5,12H2,(H,14,15)(H,16,17). The smallest absolute Gasteiger partial charge is 0.321 e. The van der Waals surface area contributed by atoms with Gasteiger partial charge in [0.25, 0.3) is 0 Å². The summed E-state index contributed by atoms with van der Waals surface area (Å²) in [5.74, 6) is -0.999. The second-order valence-corrected chi connectivity index (χ2v) is 3.83. The van der Waals surface area contributed by atoms with Crippen LogP contribution in [0.5, 0.6) is 0 Å². The molecule has 1 atom stereocenters. The lowest BCUT2D eigenvalue weighted by atomic mass is 10.2. The molecule has 90 valence electrons. The summed E-state index contributed by atoms with van der Waals surface area (Å²) in [6.07, 6.45) is 1.64. The van der Waals surface area contributed by atoms with Gasteiger partial charge in [0.05, 0.1) is 17.4 Å². The first-order chi connectivity index (χ1) is 8.16. The van der Waals surface area contributed by atoms with Crippen LogP contribution in [0.2, 0.25) is 0 Å². The van der Waals surface area contributed by atoms with E-state index in [1.54, 1.807) is 6.33 Å². The summed E-state index contributed by atoms with van der Waals surface area (Å²) in [5, 5.41) is 11.6. The van der Waals surface area contributed by atoms with E-state index >= 15 is 0 Å². The Morgan fingerprint density at radius 3 is 3.18 bits per heavy atom. The lowest BCUT2D eigenvalue weighted by Gasteiger charge is -2.08. The SMILES string of the molecule is NC(CNCc1ccc2nc[nH]c2c1)C(=O)O. The van der Waals surface area contributed by atoms with Gasteiger partial charge in [-0.1, -0.05) is 6.07 Å². The van der Waals surface area contributed by atoms with E-state index in [-0.39, 0.29) is 6.54 Å². The molecule has 1 heterocycles. The molecule has 1 unspecified atom stereocenters. The van der Waals surface area contributed by atoms with Crippen molar-refractivity contribution in [1.82, 2.24) is 15.3 Å². The molecule has 1 aromatic carbocycles. The van der Waals surface area contributed by atoms with Gasteiger partial charge in [-0.25, -0.2) is 4.98 Å². The minimum Gasteiger partial charge on any atom is -0.480 e. The van der Waals surface area contributed by atoms with Crippen LogP contribution in [0.25, 0.3) is 11.0 Å². The highest BCUT2D eigenvalue weighted by Gasteiger charge is 2.09. The number of fused-ring (bicyclic) bond motifs is 1. The number of benzene rings is 1. The first-order valence-electron chi connectivity index (χ1n) is 5.28. The van der Waals surface area contributed by atoms with Crippen LogP contribution in [0.15, 0.2) is 24.5 Å². The molecule has 2 rings (SSSR count). The Morgan fingerprint density at radius 2 is 2.41 bits per heavy atom. The van der Waals surface area contributed by atoms with Crippen molar-refractivity contribution < 1.29 is 9.90 Å². The zero-order valence-corrected chi connectivity index (χ0v) is 9.18. The Bertz CT molecular complexity index is 523. The average molecular weight is 234 g/mol. The first-order valence-corrected chi connectivity index (χ1v) is 5.28. The van der Waals surface area contributed by atoms with Crippen LogP contribution in [-0.4, -0.2) is 33.6 Å². The van der Waals surface area contributed by atoms with Gasteiger partial charge < -0.3 is 21.1 Å². The number of nitrogens with one attached hydrogen (secondary N) is 2. The van der Waals surface area contributed by atoms with E-state index < -0.39 is 12.0 Å². The van der Waals surface area contributed by atoms with E-state index in [1.165, 1.54) is 0 Å². The van der Waals surface area contributed by atoms with Crippen LogP contribution >= 0.6 is 0 Å². The minimum absolute atomic E-state index is 0.246. The Hall–Kier alpha value is -1.92. The molecule has 0 bridgehead atoms. The largest absolute Gasteiger partial charge is 0.480 e. The van der Waals surface area contributed by atoms with Gasteiger partial charge in [0.15, 0.2) is 0 Å². The third-order valence-corrected chi connectivity index (χ3v) is 2.50. The molecule has 0 aliphatic rings. The molecule has 17 heavy (non-hydrogen) atoms. The molecule has 1 aromatic heterocycles. The Morgan fingerprint density at radius 1 is 1.59 bits per heavy atom. The van der Waals surface area contributed by atoms with Crippen molar-refractivity contribution in [2.24, 2.45) is 5.73 Å². The molecule has 0 aliphatic carbocycles. The lowest BCUT2D eigenvalue weighted by Crippen LogP contribution is -2.40. The molecule has 0 spiro atoms. The van der Waals surface area contributed by atoms with E-state index in [9.17, 15) is 4.79 Å². The molecule has 0 radical (unpaired) electrons. The molecule has 0 fully saturated rings. The van der Waals surface area contributed by atoms with Gasteiger partial charge in [0, 0.05) is 13.1 Å². The van der Waals surface area contributed by atoms with Gasteiger partial charge in [-0.05, 0) is 17.7 Å². The van der Waals surface area contributed by atoms with Crippen molar-refractivity contribution in [2.75, 3.05) is 6.54 Å². The lowest BCUT2D eigenvalue weighted by molar-refractivity contribution is -0.138. The quantitative estimate of drug-likeness (QED) is 0.586. The number of nitrogens with two attached hydrogens (primary N) is 1. The molecular formula is C11H14N4O2. The van der Waals surface area contributed by atoms with E-state index in [0.29, 0.717) is 6.54 Å². The number of rotatable bonds is 5. The predicted molar refractivity (Wildman–Crippen MR) is 63.4 cm³/mol. The number of carboxylic acids is 1. The zero-order valence-electron chi connectivity index (χ0n) is 9.18. The molecule has 6 heteroatoms. The summed E-state index contributed by atoms with van der Waals surface area (Å²) in [6, 6.07) is 4.97. The van der Waals surface area contributed by atoms with Crippen molar-refractivity contribution in [3.8, 4) is 0 Å². The van der Waals surface area contributed by atoms with E-state index in [2.05, 4.69) is 15.3 Å². The number of aromatic amines is 1. The van der Waals surface area contributed by atoms with Crippen molar-refractivity contribution in [3.63, 3.8) is 0 Å². The summed E-state index contributed by atoms with van der Waals surface area (Å²) in [6.45, 7) is 0.826. The molecular weight excluding hydrogens is 220 g/mol. The number of hydrogen-bond acceptors (Lipinski definition) is 4. The van der Waals surface area contributed by atoms with E-state index in [1.807, 2.05) is 18.2 Å². The van der Waals surface area contributed by atoms with Crippen molar-refractivity contribution >= 4 is 17.0 Å². The second-order valence-electron chi connectivity index (χ2n) is 3.83. The molecule has 6 nitrogen and oxygen atoms in total. The molecule has 2 aromatic rings. The topological polar surface area (TPSA) is 104 Å². The molecule has 0 saturated heterocycles. The van der Waals surface area contributed by atoms with E-state index in [4.69, 9.17) is 10.8 Å². The number of aliphatic carboxylic acids is 1. The Labute approximate surface area is 97.8 Å². The van der Waals surface area contributed by atoms with Gasteiger partial charge in [-0.15, -0.1) is 0 Å². The van der Waals surface area contributed by atoms with Crippen molar-refractivity contribution in [3.05, 3.63) is 30.1 Å². The number of H-pyrrole nitrogens is 1. The highest BCUT2D eigenvalue weighted by Crippen LogP contribution is 2.11. The maximum atomic E-state index is 10.5. The molecule has 0 amide bonds. The maximum Gasteiger partial charge on any atom is 0.321 e. The van der Waals surface area contributed by atoms with E-state index in [0.717, 1.165) is 16.6 Å². The monoisotopic (exact) mass is 234 g/mol. The third-order valence-electron chi connectivity index (χ3n) is 2.50. The fourth-order valence-electron chi connectivity index (χ4n) is 1.55. The zero-order chi connectivity index (χ0) is 12.3. The van der Waals surface area contributed by atoms with Gasteiger partial charge in [-0.3, -0.25) is 4.79 Å². The first kappa shape index (κ1) is 11.6. The molecule has 0 aliphatic heterocycles. The minimum atomic E-state index is -0.999. The highest BCUT2D eigenvalue weighted by molar-refractivity contribution is 5.75.